The van der Waals surface area contributed by atoms with Crippen LogP contribution in [0.5, 0.6) is 0 Å². The van der Waals surface area contributed by atoms with Crippen molar-refractivity contribution in [2.24, 2.45) is 0 Å². The van der Waals surface area contributed by atoms with Gasteiger partial charge in [-0.05, 0) is 63.1 Å². The summed E-state index contributed by atoms with van der Waals surface area (Å²) in [7, 11) is -3.67. The summed E-state index contributed by atoms with van der Waals surface area (Å²) in [5.41, 5.74) is 1.38. The number of aryl methyl sites for hydroxylation is 1. The number of hydrogen-bond donors (Lipinski definition) is 3. The molecule has 7 nitrogen and oxygen atoms in total. The minimum Gasteiger partial charge on any atom is -0.343 e. The van der Waals surface area contributed by atoms with Gasteiger partial charge in [0.1, 0.15) is 0 Å². The molecule has 0 aliphatic rings. The van der Waals surface area contributed by atoms with Crippen LogP contribution in [0.25, 0.3) is 0 Å². The smallest absolute Gasteiger partial charge is 0.251 e. The van der Waals surface area contributed by atoms with Gasteiger partial charge in [0, 0.05) is 16.8 Å². The van der Waals surface area contributed by atoms with Gasteiger partial charge < -0.3 is 10.6 Å². The maximum absolute atomic E-state index is 12.3. The molecule has 2 rings (SSSR count). The van der Waals surface area contributed by atoms with Crippen molar-refractivity contribution in [1.82, 2.24) is 10.0 Å². The highest BCUT2D eigenvalue weighted by molar-refractivity contribution is 7.89. The first-order valence-electron chi connectivity index (χ1n) is 9.32. The Labute approximate surface area is 172 Å². The lowest BCUT2D eigenvalue weighted by molar-refractivity contribution is -0.115. The Morgan fingerprint density at radius 2 is 1.59 bits per heavy atom. The minimum absolute atomic E-state index is 0.0675. The Hall–Kier alpha value is -2.71. The van der Waals surface area contributed by atoms with Gasteiger partial charge in [0.15, 0.2) is 0 Å². The molecule has 2 aromatic rings. The number of carbonyl (C=O) groups is 2. The normalized spacial score (nSPS) is 11.7. The quantitative estimate of drug-likeness (QED) is 0.644. The number of anilines is 1. The number of para-hydroxylation sites is 1. The van der Waals surface area contributed by atoms with E-state index in [0.717, 1.165) is 17.7 Å². The fourth-order valence-electron chi connectivity index (χ4n) is 2.66. The van der Waals surface area contributed by atoms with Gasteiger partial charge in [-0.15, -0.1) is 0 Å². The van der Waals surface area contributed by atoms with Gasteiger partial charge in [0.2, 0.25) is 15.9 Å². The molecule has 2 aromatic carbocycles. The van der Waals surface area contributed by atoms with Gasteiger partial charge >= 0.3 is 0 Å². The molecule has 0 saturated carbocycles. The molecule has 0 spiro atoms. The first kappa shape index (κ1) is 22.6. The Morgan fingerprint density at radius 1 is 0.966 bits per heavy atom. The molecule has 0 aliphatic heterocycles. The van der Waals surface area contributed by atoms with Crippen LogP contribution in [0.1, 0.15) is 43.6 Å². The van der Waals surface area contributed by atoms with E-state index < -0.39 is 21.5 Å². The summed E-state index contributed by atoms with van der Waals surface area (Å²) in [5.74, 6) is -0.801. The standard InChI is InChI=1S/C21H27N3O4S/c1-5-15-8-6-7-9-18(15)23-19(25)14-22-20(26)16-10-12-17(13-11-16)29(27,28)24-21(2,3)4/h6-13,24H,5,14H2,1-4H3,(H,22,26)(H,23,25). The lowest BCUT2D eigenvalue weighted by Crippen LogP contribution is -2.40. The molecule has 3 N–H and O–H groups in total. The van der Waals surface area contributed by atoms with Crippen molar-refractivity contribution >= 4 is 27.5 Å². The zero-order chi connectivity index (χ0) is 21.7. The average molecular weight is 418 g/mol. The van der Waals surface area contributed by atoms with Crippen molar-refractivity contribution in [2.75, 3.05) is 11.9 Å². The first-order valence-corrected chi connectivity index (χ1v) is 10.8. The van der Waals surface area contributed by atoms with Crippen LogP contribution in [0, 0.1) is 0 Å². The van der Waals surface area contributed by atoms with E-state index in [1.807, 2.05) is 31.2 Å². The zero-order valence-electron chi connectivity index (χ0n) is 17.1. The Morgan fingerprint density at radius 3 is 2.17 bits per heavy atom. The monoisotopic (exact) mass is 417 g/mol. The van der Waals surface area contributed by atoms with Gasteiger partial charge in [0.05, 0.1) is 11.4 Å². The van der Waals surface area contributed by atoms with Crippen molar-refractivity contribution in [3.05, 3.63) is 59.7 Å². The molecule has 0 saturated heterocycles. The van der Waals surface area contributed by atoms with Gasteiger partial charge in [-0.25, -0.2) is 13.1 Å². The van der Waals surface area contributed by atoms with E-state index >= 15 is 0 Å². The fraction of sp³-hybridized carbons (Fsp3) is 0.333. The number of amides is 2. The van der Waals surface area contributed by atoms with E-state index in [0.29, 0.717) is 0 Å². The molecule has 29 heavy (non-hydrogen) atoms. The van der Waals surface area contributed by atoms with E-state index in [9.17, 15) is 18.0 Å². The average Bonchev–Trinajstić information content (AvgIpc) is 2.65. The molecule has 0 bridgehead atoms. The van der Waals surface area contributed by atoms with Crippen LogP contribution in [0.15, 0.2) is 53.4 Å². The Balaban J connectivity index is 1.96. The highest BCUT2D eigenvalue weighted by Gasteiger charge is 2.22. The molecule has 0 heterocycles. The second-order valence-electron chi connectivity index (χ2n) is 7.62. The number of nitrogens with one attached hydrogen (secondary N) is 3. The largest absolute Gasteiger partial charge is 0.343 e. The maximum Gasteiger partial charge on any atom is 0.251 e. The molecule has 156 valence electrons. The van der Waals surface area contributed by atoms with Gasteiger partial charge in [0.25, 0.3) is 5.91 Å². The van der Waals surface area contributed by atoms with Crippen LogP contribution in [-0.2, 0) is 21.2 Å². The van der Waals surface area contributed by atoms with Crippen LogP contribution >= 0.6 is 0 Å². The molecule has 8 heteroatoms. The molecule has 0 radical (unpaired) electrons. The van der Waals surface area contributed by atoms with Gasteiger partial charge in [-0.1, -0.05) is 25.1 Å². The summed E-state index contributed by atoms with van der Waals surface area (Å²) in [6, 6.07) is 13.0. The summed E-state index contributed by atoms with van der Waals surface area (Å²) >= 11 is 0. The molecule has 0 fully saturated rings. The molecule has 0 aromatic heterocycles. The van der Waals surface area contributed by atoms with Crippen molar-refractivity contribution in [2.45, 2.75) is 44.6 Å². The molecule has 2 amide bonds. The van der Waals surface area contributed by atoms with Gasteiger partial charge in [-0.3, -0.25) is 9.59 Å². The first-order chi connectivity index (χ1) is 13.5. The summed E-state index contributed by atoms with van der Waals surface area (Å²) < 4.78 is 27.2. The van der Waals surface area contributed by atoms with Crippen LogP contribution in [0.2, 0.25) is 0 Å². The summed E-state index contributed by atoms with van der Waals surface area (Å²) in [5, 5.41) is 5.31. The number of rotatable bonds is 7. The molecule has 0 unspecified atom stereocenters. The Bertz CT molecular complexity index is 978. The predicted molar refractivity (Wildman–Crippen MR) is 113 cm³/mol. The fourth-order valence-corrected chi connectivity index (χ4v) is 4.07. The highest BCUT2D eigenvalue weighted by Crippen LogP contribution is 2.15. The van der Waals surface area contributed by atoms with Crippen LogP contribution in [0.3, 0.4) is 0 Å². The van der Waals surface area contributed by atoms with E-state index in [-0.39, 0.29) is 22.9 Å². The SMILES string of the molecule is CCc1ccccc1NC(=O)CNC(=O)c1ccc(S(=O)(=O)NC(C)(C)C)cc1. The zero-order valence-corrected chi connectivity index (χ0v) is 17.9. The molecule has 0 aliphatic carbocycles. The van der Waals surface area contributed by atoms with Crippen molar-refractivity contribution in [3.63, 3.8) is 0 Å². The molecule has 0 atom stereocenters. The summed E-state index contributed by atoms with van der Waals surface area (Å²) in [6.45, 7) is 7.04. The Kier molecular flexibility index (Phi) is 7.16. The van der Waals surface area contributed by atoms with E-state index in [2.05, 4.69) is 15.4 Å². The molecular weight excluding hydrogens is 390 g/mol. The number of sulfonamides is 1. The predicted octanol–water partition coefficient (Wildman–Crippen LogP) is 2.69. The highest BCUT2D eigenvalue weighted by atomic mass is 32.2. The topological polar surface area (TPSA) is 104 Å². The van der Waals surface area contributed by atoms with E-state index in [1.165, 1.54) is 24.3 Å². The second-order valence-corrected chi connectivity index (χ2v) is 9.30. The third kappa shape index (κ3) is 6.69. The minimum atomic E-state index is -3.67. The number of benzene rings is 2. The van der Waals surface area contributed by atoms with Crippen LogP contribution in [-0.4, -0.2) is 32.3 Å². The van der Waals surface area contributed by atoms with Crippen molar-refractivity contribution in [3.8, 4) is 0 Å². The van der Waals surface area contributed by atoms with Crippen LogP contribution in [0.4, 0.5) is 5.69 Å². The maximum atomic E-state index is 12.3. The third-order valence-corrected chi connectivity index (χ3v) is 5.72. The summed E-state index contributed by atoms with van der Waals surface area (Å²) in [6.07, 6.45) is 0.780. The number of hydrogen-bond acceptors (Lipinski definition) is 4. The van der Waals surface area contributed by atoms with E-state index in [4.69, 9.17) is 0 Å². The second kappa shape index (κ2) is 9.19. The van der Waals surface area contributed by atoms with Gasteiger partial charge in [-0.2, -0.15) is 0 Å². The lowest BCUT2D eigenvalue weighted by atomic mass is 10.1. The van der Waals surface area contributed by atoms with Crippen LogP contribution < -0.4 is 15.4 Å². The number of carbonyl (C=O) groups excluding carboxylic acids is 2. The van der Waals surface area contributed by atoms with Crippen molar-refractivity contribution < 1.29 is 18.0 Å². The van der Waals surface area contributed by atoms with E-state index in [1.54, 1.807) is 20.8 Å². The molecular formula is C21H27N3O4S. The lowest BCUT2D eigenvalue weighted by Gasteiger charge is -2.20. The van der Waals surface area contributed by atoms with Crippen molar-refractivity contribution in [1.29, 1.82) is 0 Å². The summed E-state index contributed by atoms with van der Waals surface area (Å²) in [4.78, 5) is 24.4. The third-order valence-electron chi connectivity index (χ3n) is 3.95.